The first-order valence-electron chi connectivity index (χ1n) is 8.47. The molecule has 0 unspecified atom stereocenters. The van der Waals surface area contributed by atoms with Crippen molar-refractivity contribution in [3.63, 3.8) is 0 Å². The Morgan fingerprint density at radius 1 is 1.19 bits per heavy atom. The van der Waals surface area contributed by atoms with Crippen LogP contribution >= 0.6 is 0 Å². The second kappa shape index (κ2) is 11.8. The molecule has 124 valence electrons. The fourth-order valence-electron chi connectivity index (χ4n) is 2.46. The largest absolute Gasteiger partial charge is 0.381 e. The zero-order valence-electron chi connectivity index (χ0n) is 14.2. The van der Waals surface area contributed by atoms with E-state index in [2.05, 4.69) is 34.5 Å². The predicted molar refractivity (Wildman–Crippen MR) is 89.9 cm³/mol. The van der Waals surface area contributed by atoms with Gasteiger partial charge in [-0.2, -0.15) is 0 Å². The molecular formula is C16H34N4O. The predicted octanol–water partition coefficient (Wildman–Crippen LogP) is 1.70. The highest BCUT2D eigenvalue weighted by Gasteiger charge is 2.16. The molecule has 2 N–H and O–H groups in total. The Hall–Kier alpha value is -0.810. The fraction of sp³-hybridized carbons (Fsp3) is 0.938. The van der Waals surface area contributed by atoms with E-state index in [1.54, 1.807) is 0 Å². The van der Waals surface area contributed by atoms with Gasteiger partial charge >= 0.3 is 0 Å². The van der Waals surface area contributed by atoms with Crippen molar-refractivity contribution in [3.05, 3.63) is 0 Å². The highest BCUT2D eigenvalue weighted by Crippen LogP contribution is 2.14. The summed E-state index contributed by atoms with van der Waals surface area (Å²) in [6, 6.07) is 0. The lowest BCUT2D eigenvalue weighted by Crippen LogP contribution is -2.42. The SMILES string of the molecule is CCCCOCCCNC(=NC)NCC1CCN(C)CC1. The molecule has 21 heavy (non-hydrogen) atoms. The van der Waals surface area contributed by atoms with Crippen LogP contribution in [0.15, 0.2) is 4.99 Å². The van der Waals surface area contributed by atoms with Crippen LogP contribution in [0.1, 0.15) is 39.0 Å². The standard InChI is InChI=1S/C16H34N4O/c1-4-5-12-21-13-6-9-18-16(17-2)19-14-15-7-10-20(3)11-8-15/h15H,4-14H2,1-3H3,(H2,17,18,19). The summed E-state index contributed by atoms with van der Waals surface area (Å²) in [6.45, 7) is 8.28. The Morgan fingerprint density at radius 3 is 2.57 bits per heavy atom. The quantitative estimate of drug-likeness (QED) is 0.386. The summed E-state index contributed by atoms with van der Waals surface area (Å²) in [4.78, 5) is 6.68. The smallest absolute Gasteiger partial charge is 0.190 e. The van der Waals surface area contributed by atoms with Gasteiger partial charge in [-0.25, -0.2) is 0 Å². The molecule has 1 rings (SSSR count). The number of unbranched alkanes of at least 4 members (excludes halogenated alkanes) is 1. The number of likely N-dealkylation sites (tertiary alicyclic amines) is 1. The van der Waals surface area contributed by atoms with E-state index in [0.29, 0.717) is 0 Å². The van der Waals surface area contributed by atoms with Gasteiger partial charge in [-0.15, -0.1) is 0 Å². The maximum absolute atomic E-state index is 5.55. The van der Waals surface area contributed by atoms with Crippen molar-refractivity contribution < 1.29 is 4.74 Å². The third-order valence-electron chi connectivity index (χ3n) is 4.02. The van der Waals surface area contributed by atoms with Crippen LogP contribution in [0, 0.1) is 5.92 Å². The third-order valence-corrected chi connectivity index (χ3v) is 4.02. The molecule has 0 spiro atoms. The Labute approximate surface area is 130 Å². The van der Waals surface area contributed by atoms with Gasteiger partial charge in [0.2, 0.25) is 0 Å². The molecule has 0 aliphatic carbocycles. The van der Waals surface area contributed by atoms with Crippen LogP contribution in [-0.4, -0.2) is 64.3 Å². The number of piperidine rings is 1. The molecule has 0 bridgehead atoms. The van der Waals surface area contributed by atoms with Crippen molar-refractivity contribution in [3.8, 4) is 0 Å². The van der Waals surface area contributed by atoms with Crippen LogP contribution in [-0.2, 0) is 4.74 Å². The maximum atomic E-state index is 5.55. The Balaban J connectivity index is 2.01. The first-order valence-corrected chi connectivity index (χ1v) is 8.47. The normalized spacial score (nSPS) is 18.0. The minimum Gasteiger partial charge on any atom is -0.381 e. The second-order valence-electron chi connectivity index (χ2n) is 5.95. The summed E-state index contributed by atoms with van der Waals surface area (Å²) < 4.78 is 5.55. The molecule has 0 saturated carbocycles. The van der Waals surface area contributed by atoms with E-state index < -0.39 is 0 Å². The molecule has 0 aromatic heterocycles. The minimum atomic E-state index is 0.775. The van der Waals surface area contributed by atoms with E-state index in [1.807, 2.05) is 7.05 Å². The molecule has 1 aliphatic rings. The highest BCUT2D eigenvalue weighted by molar-refractivity contribution is 5.79. The zero-order valence-corrected chi connectivity index (χ0v) is 14.2. The summed E-state index contributed by atoms with van der Waals surface area (Å²) in [5.74, 6) is 1.69. The van der Waals surface area contributed by atoms with Gasteiger partial charge in [-0.3, -0.25) is 4.99 Å². The summed E-state index contributed by atoms with van der Waals surface area (Å²) in [5.41, 5.74) is 0. The van der Waals surface area contributed by atoms with Crippen molar-refractivity contribution in [2.24, 2.45) is 10.9 Å². The van der Waals surface area contributed by atoms with Crippen molar-refractivity contribution in [1.82, 2.24) is 15.5 Å². The molecule has 0 radical (unpaired) electrons. The summed E-state index contributed by atoms with van der Waals surface area (Å²) in [5, 5.41) is 6.80. The number of hydrogen-bond donors (Lipinski definition) is 2. The molecule has 0 aromatic carbocycles. The molecule has 1 fully saturated rings. The Morgan fingerprint density at radius 2 is 1.90 bits per heavy atom. The third kappa shape index (κ3) is 8.94. The van der Waals surface area contributed by atoms with E-state index in [1.165, 1.54) is 32.4 Å². The lowest BCUT2D eigenvalue weighted by molar-refractivity contribution is 0.129. The van der Waals surface area contributed by atoms with Crippen LogP contribution in [0.2, 0.25) is 0 Å². The maximum Gasteiger partial charge on any atom is 0.190 e. The van der Waals surface area contributed by atoms with E-state index >= 15 is 0 Å². The Bertz CT molecular complexity index is 275. The summed E-state index contributed by atoms with van der Waals surface area (Å²) in [7, 11) is 4.04. The molecule has 5 heteroatoms. The number of nitrogens with zero attached hydrogens (tertiary/aromatic N) is 2. The van der Waals surface area contributed by atoms with E-state index in [-0.39, 0.29) is 0 Å². The summed E-state index contributed by atoms with van der Waals surface area (Å²) in [6.07, 6.45) is 5.95. The van der Waals surface area contributed by atoms with Gasteiger partial charge in [-0.1, -0.05) is 13.3 Å². The van der Waals surface area contributed by atoms with Gasteiger partial charge in [0.15, 0.2) is 5.96 Å². The van der Waals surface area contributed by atoms with Crippen LogP contribution in [0.4, 0.5) is 0 Å². The van der Waals surface area contributed by atoms with Crippen LogP contribution in [0.5, 0.6) is 0 Å². The topological polar surface area (TPSA) is 48.9 Å². The van der Waals surface area contributed by atoms with Crippen molar-refractivity contribution in [2.45, 2.75) is 39.0 Å². The number of ether oxygens (including phenoxy) is 1. The average molecular weight is 298 g/mol. The van der Waals surface area contributed by atoms with Crippen molar-refractivity contribution in [2.75, 3.05) is 53.5 Å². The van der Waals surface area contributed by atoms with Crippen LogP contribution < -0.4 is 10.6 Å². The number of aliphatic imine (C=N–C) groups is 1. The molecule has 0 amide bonds. The van der Waals surface area contributed by atoms with Gasteiger partial charge in [0.25, 0.3) is 0 Å². The number of hydrogen-bond acceptors (Lipinski definition) is 3. The average Bonchev–Trinajstić information content (AvgIpc) is 2.51. The Kier molecular flexibility index (Phi) is 10.3. The number of rotatable bonds is 9. The fourth-order valence-corrected chi connectivity index (χ4v) is 2.46. The molecule has 1 aliphatic heterocycles. The van der Waals surface area contributed by atoms with Gasteiger partial charge in [0.1, 0.15) is 0 Å². The zero-order chi connectivity index (χ0) is 15.3. The van der Waals surface area contributed by atoms with E-state index in [9.17, 15) is 0 Å². The van der Waals surface area contributed by atoms with Crippen molar-refractivity contribution >= 4 is 5.96 Å². The van der Waals surface area contributed by atoms with Gasteiger partial charge < -0.3 is 20.3 Å². The molecular weight excluding hydrogens is 264 g/mol. The molecule has 1 saturated heterocycles. The first kappa shape index (κ1) is 18.2. The molecule has 0 atom stereocenters. The molecule has 0 aromatic rings. The molecule has 1 heterocycles. The van der Waals surface area contributed by atoms with Crippen LogP contribution in [0.25, 0.3) is 0 Å². The number of nitrogens with one attached hydrogen (secondary N) is 2. The lowest BCUT2D eigenvalue weighted by Gasteiger charge is -2.29. The second-order valence-corrected chi connectivity index (χ2v) is 5.95. The van der Waals surface area contributed by atoms with Crippen molar-refractivity contribution in [1.29, 1.82) is 0 Å². The summed E-state index contributed by atoms with van der Waals surface area (Å²) >= 11 is 0. The lowest BCUT2D eigenvalue weighted by atomic mass is 9.97. The van der Waals surface area contributed by atoms with E-state index in [0.717, 1.165) is 51.0 Å². The van der Waals surface area contributed by atoms with E-state index in [4.69, 9.17) is 4.74 Å². The van der Waals surface area contributed by atoms with Gasteiger partial charge in [0.05, 0.1) is 0 Å². The highest BCUT2D eigenvalue weighted by atomic mass is 16.5. The molecule has 5 nitrogen and oxygen atoms in total. The first-order chi connectivity index (χ1) is 10.3. The monoisotopic (exact) mass is 298 g/mol. The minimum absolute atomic E-state index is 0.775. The van der Waals surface area contributed by atoms with Crippen LogP contribution in [0.3, 0.4) is 0 Å². The van der Waals surface area contributed by atoms with Gasteiger partial charge in [-0.05, 0) is 51.7 Å². The number of guanidine groups is 1. The van der Waals surface area contributed by atoms with Gasteiger partial charge in [0, 0.05) is 33.4 Å².